The summed E-state index contributed by atoms with van der Waals surface area (Å²) in [5.74, 6) is 1.10. The molecule has 2 aromatic rings. The van der Waals surface area contributed by atoms with Gasteiger partial charge >= 0.3 is 0 Å². The van der Waals surface area contributed by atoms with Crippen LogP contribution >= 0.6 is 23.2 Å². The fourth-order valence-corrected chi connectivity index (χ4v) is 3.86. The summed E-state index contributed by atoms with van der Waals surface area (Å²) in [4.78, 5) is 27.0. The number of likely N-dealkylation sites (tertiary alicyclic amines) is 1. The molecule has 1 aliphatic rings. The van der Waals surface area contributed by atoms with E-state index < -0.39 is 0 Å². The van der Waals surface area contributed by atoms with Crippen LogP contribution in [0, 0.1) is 5.92 Å². The van der Waals surface area contributed by atoms with Crippen LogP contribution in [0.25, 0.3) is 0 Å². The van der Waals surface area contributed by atoms with Crippen LogP contribution in [0.2, 0.25) is 10.0 Å². The number of ether oxygens (including phenoxy) is 2. The number of hydrogen-bond acceptors (Lipinski definition) is 4. The molecule has 3 rings (SSSR count). The third-order valence-corrected chi connectivity index (χ3v) is 5.82. The van der Waals surface area contributed by atoms with Gasteiger partial charge in [-0.05, 0) is 55.2 Å². The van der Waals surface area contributed by atoms with E-state index in [1.54, 1.807) is 48.4 Å². The highest BCUT2D eigenvalue weighted by atomic mass is 35.5. The smallest absolute Gasteiger partial charge is 0.255 e. The van der Waals surface area contributed by atoms with Gasteiger partial charge in [-0.3, -0.25) is 9.59 Å². The number of benzene rings is 2. The number of hydrogen-bond donors (Lipinski definition) is 1. The number of nitrogens with one attached hydrogen (secondary N) is 1. The van der Waals surface area contributed by atoms with Gasteiger partial charge in [0.15, 0.2) is 11.5 Å². The quantitative estimate of drug-likeness (QED) is 0.712. The molecule has 1 saturated heterocycles. The molecule has 0 radical (unpaired) electrons. The number of rotatable bonds is 6. The summed E-state index contributed by atoms with van der Waals surface area (Å²) in [5.41, 5.74) is 0.931. The predicted molar refractivity (Wildman–Crippen MR) is 117 cm³/mol. The van der Waals surface area contributed by atoms with Crippen molar-refractivity contribution in [1.82, 2.24) is 10.2 Å². The van der Waals surface area contributed by atoms with Crippen molar-refractivity contribution in [3.63, 3.8) is 0 Å². The minimum absolute atomic E-state index is 0.115. The molecule has 0 bridgehead atoms. The summed E-state index contributed by atoms with van der Waals surface area (Å²) >= 11 is 12.1. The van der Waals surface area contributed by atoms with Crippen molar-refractivity contribution < 1.29 is 19.1 Å². The molecule has 2 amide bonds. The van der Waals surface area contributed by atoms with Gasteiger partial charge in [-0.15, -0.1) is 0 Å². The molecule has 0 atom stereocenters. The van der Waals surface area contributed by atoms with E-state index in [0.717, 1.165) is 12.8 Å². The first-order valence-corrected chi connectivity index (χ1v) is 10.4. The maximum Gasteiger partial charge on any atom is 0.255 e. The minimum atomic E-state index is -0.167. The lowest BCUT2D eigenvalue weighted by molar-refractivity contribution is 0.0684. The van der Waals surface area contributed by atoms with Crippen LogP contribution in [-0.4, -0.2) is 50.6 Å². The van der Waals surface area contributed by atoms with E-state index >= 15 is 0 Å². The number of methoxy groups -OCH3 is 2. The molecule has 6 nitrogen and oxygen atoms in total. The predicted octanol–water partition coefficient (Wildman–Crippen LogP) is 4.29. The summed E-state index contributed by atoms with van der Waals surface area (Å²) in [6, 6.07) is 9.96. The van der Waals surface area contributed by atoms with E-state index in [9.17, 15) is 9.59 Å². The van der Waals surface area contributed by atoms with Crippen LogP contribution in [0.5, 0.6) is 11.5 Å². The molecule has 1 fully saturated rings. The van der Waals surface area contributed by atoms with E-state index in [1.807, 2.05) is 0 Å². The summed E-state index contributed by atoms with van der Waals surface area (Å²) < 4.78 is 10.4. The van der Waals surface area contributed by atoms with Crippen molar-refractivity contribution in [2.75, 3.05) is 33.9 Å². The number of piperidine rings is 1. The fraction of sp³-hybridized carbons (Fsp3) is 0.364. The third kappa shape index (κ3) is 5.18. The Labute approximate surface area is 186 Å². The summed E-state index contributed by atoms with van der Waals surface area (Å²) in [7, 11) is 3.08. The van der Waals surface area contributed by atoms with Gasteiger partial charge in [0.1, 0.15) is 0 Å². The molecule has 0 aliphatic carbocycles. The highest BCUT2D eigenvalue weighted by Crippen LogP contribution is 2.28. The molecular weight excluding hydrogens is 427 g/mol. The average molecular weight is 451 g/mol. The van der Waals surface area contributed by atoms with Crippen molar-refractivity contribution in [1.29, 1.82) is 0 Å². The van der Waals surface area contributed by atoms with Crippen LogP contribution in [-0.2, 0) is 0 Å². The first-order chi connectivity index (χ1) is 14.4. The Hall–Kier alpha value is -2.44. The van der Waals surface area contributed by atoms with Gasteiger partial charge in [0.25, 0.3) is 11.8 Å². The molecule has 1 aliphatic heterocycles. The lowest BCUT2D eigenvalue weighted by Gasteiger charge is -2.32. The summed E-state index contributed by atoms with van der Waals surface area (Å²) in [6.07, 6.45) is 1.60. The zero-order valence-electron chi connectivity index (χ0n) is 16.9. The second-order valence-electron chi connectivity index (χ2n) is 7.14. The minimum Gasteiger partial charge on any atom is -0.493 e. The van der Waals surface area contributed by atoms with E-state index in [2.05, 4.69) is 5.32 Å². The zero-order chi connectivity index (χ0) is 21.7. The van der Waals surface area contributed by atoms with Crippen molar-refractivity contribution in [3.05, 3.63) is 57.6 Å². The molecule has 8 heteroatoms. The Morgan fingerprint density at radius 1 is 1.03 bits per heavy atom. The van der Waals surface area contributed by atoms with Gasteiger partial charge < -0.3 is 19.7 Å². The van der Waals surface area contributed by atoms with Gasteiger partial charge in [-0.1, -0.05) is 23.2 Å². The first kappa shape index (κ1) is 22.2. The van der Waals surface area contributed by atoms with Crippen molar-refractivity contribution in [2.24, 2.45) is 5.92 Å². The lowest BCUT2D eigenvalue weighted by atomic mass is 9.96. The van der Waals surface area contributed by atoms with Crippen molar-refractivity contribution in [2.45, 2.75) is 12.8 Å². The number of carbonyl (C=O) groups is 2. The van der Waals surface area contributed by atoms with Crippen LogP contribution < -0.4 is 14.8 Å². The standard InChI is InChI=1S/C22H24Cl2N2O4/c1-29-19-6-3-15(11-20(19)30-2)21(27)25-13-14-7-9-26(10-8-14)22(28)17-12-16(23)4-5-18(17)24/h3-6,11-12,14H,7-10,13H2,1-2H3,(H,25,27). The molecule has 0 spiro atoms. The number of nitrogens with zero attached hydrogens (tertiary/aromatic N) is 1. The molecule has 160 valence electrons. The third-order valence-electron chi connectivity index (χ3n) is 5.26. The molecule has 0 saturated carbocycles. The van der Waals surface area contributed by atoms with Crippen molar-refractivity contribution >= 4 is 35.0 Å². The zero-order valence-corrected chi connectivity index (χ0v) is 18.4. The van der Waals surface area contributed by atoms with Crippen LogP contribution in [0.1, 0.15) is 33.6 Å². The monoisotopic (exact) mass is 450 g/mol. The van der Waals surface area contributed by atoms with Gasteiger partial charge in [0, 0.05) is 30.2 Å². The van der Waals surface area contributed by atoms with Gasteiger partial charge in [0.05, 0.1) is 24.8 Å². The van der Waals surface area contributed by atoms with E-state index in [4.69, 9.17) is 32.7 Å². The fourth-order valence-electron chi connectivity index (χ4n) is 3.49. The van der Waals surface area contributed by atoms with Crippen LogP contribution in [0.4, 0.5) is 0 Å². The Morgan fingerprint density at radius 2 is 1.73 bits per heavy atom. The molecule has 1 N–H and O–H groups in total. The van der Waals surface area contributed by atoms with Crippen LogP contribution in [0.3, 0.4) is 0 Å². The molecule has 1 heterocycles. The number of carbonyl (C=O) groups excluding carboxylic acids is 2. The topological polar surface area (TPSA) is 67.9 Å². The largest absolute Gasteiger partial charge is 0.493 e. The second-order valence-corrected chi connectivity index (χ2v) is 7.98. The second kappa shape index (κ2) is 10.0. The van der Waals surface area contributed by atoms with Gasteiger partial charge in [-0.25, -0.2) is 0 Å². The van der Waals surface area contributed by atoms with Crippen LogP contribution in [0.15, 0.2) is 36.4 Å². The highest BCUT2D eigenvalue weighted by molar-refractivity contribution is 6.35. The Kier molecular flexibility index (Phi) is 7.45. The summed E-state index contributed by atoms with van der Waals surface area (Å²) in [5, 5.41) is 3.85. The van der Waals surface area contributed by atoms with E-state index in [0.29, 0.717) is 58.2 Å². The van der Waals surface area contributed by atoms with E-state index in [-0.39, 0.29) is 11.8 Å². The first-order valence-electron chi connectivity index (χ1n) is 9.67. The molecular formula is C22H24Cl2N2O4. The Morgan fingerprint density at radius 3 is 2.40 bits per heavy atom. The number of halogens is 2. The SMILES string of the molecule is COc1ccc(C(=O)NCC2CCN(C(=O)c3cc(Cl)ccc3Cl)CC2)cc1OC. The maximum atomic E-state index is 12.7. The molecule has 30 heavy (non-hydrogen) atoms. The number of amides is 2. The maximum absolute atomic E-state index is 12.7. The Bertz CT molecular complexity index is 927. The highest BCUT2D eigenvalue weighted by Gasteiger charge is 2.25. The van der Waals surface area contributed by atoms with Crippen molar-refractivity contribution in [3.8, 4) is 11.5 Å². The molecule has 0 aromatic heterocycles. The van der Waals surface area contributed by atoms with E-state index in [1.165, 1.54) is 7.11 Å². The average Bonchev–Trinajstić information content (AvgIpc) is 2.78. The summed E-state index contributed by atoms with van der Waals surface area (Å²) in [6.45, 7) is 1.77. The Balaban J connectivity index is 1.52. The molecule has 2 aromatic carbocycles. The molecule has 0 unspecified atom stereocenters. The van der Waals surface area contributed by atoms with Gasteiger partial charge in [0.2, 0.25) is 0 Å². The lowest BCUT2D eigenvalue weighted by Crippen LogP contribution is -2.41. The normalized spacial score (nSPS) is 14.3. The van der Waals surface area contributed by atoms with Gasteiger partial charge in [-0.2, -0.15) is 0 Å².